The molecule has 90 valence electrons. The Labute approximate surface area is 103 Å². The third-order valence-electron chi connectivity index (χ3n) is 1.69. The lowest BCUT2D eigenvalue weighted by atomic mass is 10.2. The molecule has 0 saturated heterocycles. The lowest BCUT2D eigenvalue weighted by molar-refractivity contribution is -0.118. The van der Waals surface area contributed by atoms with Gasteiger partial charge in [0, 0.05) is 33.9 Å². The summed E-state index contributed by atoms with van der Waals surface area (Å²) >= 11 is 0. The zero-order valence-corrected chi connectivity index (χ0v) is 12.3. The number of nitrogens with one attached hydrogen (secondary N) is 1. The summed E-state index contributed by atoms with van der Waals surface area (Å²) in [6.07, 6.45) is 1.33. The van der Waals surface area contributed by atoms with Crippen LogP contribution in [0.3, 0.4) is 0 Å². The Morgan fingerprint density at radius 3 is 2.73 bits per heavy atom. The van der Waals surface area contributed by atoms with Gasteiger partial charge in [0.15, 0.2) is 0 Å². The van der Waals surface area contributed by atoms with E-state index in [1.807, 2.05) is 10.8 Å². The molecule has 0 aromatic carbocycles. The highest BCUT2D eigenvalue weighted by atomic mass is 33.1. The zero-order valence-electron chi connectivity index (χ0n) is 9.49. The molecule has 3 nitrogen and oxygen atoms in total. The van der Waals surface area contributed by atoms with Gasteiger partial charge in [0.05, 0.1) is 6.10 Å². The topological polar surface area (TPSA) is 38.3 Å². The van der Waals surface area contributed by atoms with Gasteiger partial charge in [-0.15, -0.1) is 0 Å². The maximum Gasteiger partial charge on any atom is 0.216 e. The fourth-order valence-electron chi connectivity index (χ4n) is 0.995. The highest BCUT2D eigenvalue weighted by Gasteiger charge is 2.08. The van der Waals surface area contributed by atoms with Crippen LogP contribution in [0.25, 0.3) is 0 Å². The SMILES string of the molecule is CC(=O)NCCSSC(C)CC(C)OP. The molecule has 0 aromatic heterocycles. The Hall–Kier alpha value is 0.560. The largest absolute Gasteiger partial charge is 0.363 e. The molecule has 0 spiro atoms. The molecule has 6 heteroatoms. The van der Waals surface area contributed by atoms with Crippen LogP contribution in [0, 0.1) is 0 Å². The molecule has 1 amide bonds. The molecule has 3 unspecified atom stereocenters. The summed E-state index contributed by atoms with van der Waals surface area (Å²) in [4.78, 5) is 10.6. The van der Waals surface area contributed by atoms with Crippen LogP contribution in [0.4, 0.5) is 0 Å². The predicted octanol–water partition coefficient (Wildman–Crippen LogP) is 2.48. The second-order valence-electron chi connectivity index (χ2n) is 3.39. The van der Waals surface area contributed by atoms with Crippen molar-refractivity contribution in [2.45, 2.75) is 38.5 Å². The van der Waals surface area contributed by atoms with Crippen LogP contribution in [0.2, 0.25) is 0 Å². The first-order valence-corrected chi connectivity index (χ1v) is 7.79. The number of hydrogen-bond donors (Lipinski definition) is 1. The van der Waals surface area contributed by atoms with E-state index in [-0.39, 0.29) is 12.0 Å². The minimum atomic E-state index is 0.0404. The van der Waals surface area contributed by atoms with Crippen molar-refractivity contribution in [3.8, 4) is 0 Å². The van der Waals surface area contributed by atoms with Crippen molar-refractivity contribution in [1.82, 2.24) is 5.32 Å². The van der Waals surface area contributed by atoms with E-state index in [1.165, 1.54) is 0 Å². The van der Waals surface area contributed by atoms with Crippen molar-refractivity contribution in [3.05, 3.63) is 0 Å². The van der Waals surface area contributed by atoms with Gasteiger partial charge in [0.2, 0.25) is 5.91 Å². The third kappa shape index (κ3) is 10.8. The van der Waals surface area contributed by atoms with Gasteiger partial charge in [0.1, 0.15) is 0 Å². The van der Waals surface area contributed by atoms with Crippen LogP contribution in [0.1, 0.15) is 27.2 Å². The van der Waals surface area contributed by atoms with Crippen LogP contribution in [-0.2, 0) is 9.32 Å². The number of amides is 1. The van der Waals surface area contributed by atoms with Gasteiger partial charge in [-0.25, -0.2) is 0 Å². The smallest absolute Gasteiger partial charge is 0.216 e. The molecule has 0 bridgehead atoms. The lowest BCUT2D eigenvalue weighted by Crippen LogP contribution is -2.22. The van der Waals surface area contributed by atoms with Crippen LogP contribution in [0.15, 0.2) is 0 Å². The van der Waals surface area contributed by atoms with Gasteiger partial charge >= 0.3 is 0 Å². The number of carbonyl (C=O) groups is 1. The van der Waals surface area contributed by atoms with Crippen LogP contribution >= 0.6 is 31.1 Å². The van der Waals surface area contributed by atoms with E-state index in [2.05, 4.69) is 28.6 Å². The summed E-state index contributed by atoms with van der Waals surface area (Å²) in [5.41, 5.74) is 0. The molecule has 3 atom stereocenters. The number of rotatable bonds is 8. The molecule has 0 aliphatic rings. The van der Waals surface area contributed by atoms with Gasteiger partial charge in [-0.1, -0.05) is 28.5 Å². The standard InChI is InChI=1S/C9H20NO2PS2/c1-7(12-13)6-8(2)15-14-5-4-10-9(3)11/h7-8H,4-6,13H2,1-3H3,(H,10,11). The summed E-state index contributed by atoms with van der Waals surface area (Å²) in [5, 5.41) is 3.34. The number of hydrogen-bond acceptors (Lipinski definition) is 4. The average Bonchev–Trinajstić information content (AvgIpc) is 2.16. The molecule has 0 heterocycles. The predicted molar refractivity (Wildman–Crippen MR) is 73.1 cm³/mol. The Morgan fingerprint density at radius 2 is 2.20 bits per heavy atom. The second kappa shape index (κ2) is 9.76. The van der Waals surface area contributed by atoms with Crippen molar-refractivity contribution in [2.75, 3.05) is 12.3 Å². The van der Waals surface area contributed by atoms with E-state index in [1.54, 1.807) is 17.7 Å². The highest BCUT2D eigenvalue weighted by molar-refractivity contribution is 8.76. The minimum absolute atomic E-state index is 0.0404. The van der Waals surface area contributed by atoms with Crippen molar-refractivity contribution < 1.29 is 9.32 Å². The van der Waals surface area contributed by atoms with Gasteiger partial charge in [-0.3, -0.25) is 4.79 Å². The Bertz CT molecular complexity index is 183. The first-order chi connectivity index (χ1) is 7.06. The lowest BCUT2D eigenvalue weighted by Gasteiger charge is -2.14. The van der Waals surface area contributed by atoms with Crippen molar-refractivity contribution in [2.24, 2.45) is 0 Å². The summed E-state index contributed by atoms with van der Waals surface area (Å²) in [6.45, 7) is 6.54. The van der Waals surface area contributed by atoms with E-state index in [9.17, 15) is 4.79 Å². The van der Waals surface area contributed by atoms with E-state index in [0.717, 1.165) is 18.7 Å². The van der Waals surface area contributed by atoms with E-state index >= 15 is 0 Å². The molecule has 0 rings (SSSR count). The molecule has 0 aromatic rings. The Morgan fingerprint density at radius 1 is 1.53 bits per heavy atom. The monoisotopic (exact) mass is 269 g/mol. The van der Waals surface area contributed by atoms with Crippen molar-refractivity contribution in [1.29, 1.82) is 0 Å². The second-order valence-corrected chi connectivity index (χ2v) is 6.59. The van der Waals surface area contributed by atoms with E-state index < -0.39 is 0 Å². The Kier molecular flexibility index (Phi) is 10.1. The minimum Gasteiger partial charge on any atom is -0.363 e. The maximum absolute atomic E-state index is 10.6. The summed E-state index contributed by atoms with van der Waals surface area (Å²) in [5.74, 6) is 0.990. The fourth-order valence-corrected chi connectivity index (χ4v) is 3.44. The van der Waals surface area contributed by atoms with Crippen LogP contribution in [-0.4, -0.2) is 29.6 Å². The average molecular weight is 269 g/mol. The highest BCUT2D eigenvalue weighted by Crippen LogP contribution is 2.29. The number of carbonyl (C=O) groups excluding carboxylic acids is 1. The van der Waals surface area contributed by atoms with Gasteiger partial charge in [-0.2, -0.15) is 0 Å². The molecule has 0 aliphatic carbocycles. The van der Waals surface area contributed by atoms with Crippen molar-refractivity contribution in [3.63, 3.8) is 0 Å². The van der Waals surface area contributed by atoms with Crippen LogP contribution in [0.5, 0.6) is 0 Å². The van der Waals surface area contributed by atoms with Crippen LogP contribution < -0.4 is 5.32 Å². The Balaban J connectivity index is 3.31. The summed E-state index contributed by atoms with van der Waals surface area (Å²) in [7, 11) is 5.94. The third-order valence-corrected chi connectivity index (χ3v) is 5.07. The molecule has 0 radical (unpaired) electrons. The maximum atomic E-state index is 10.6. The summed E-state index contributed by atoms with van der Waals surface area (Å²) in [6, 6.07) is 0. The first kappa shape index (κ1) is 15.6. The molecular formula is C9H20NO2PS2. The normalized spacial score (nSPS) is 14.7. The molecule has 1 N–H and O–H groups in total. The quantitative estimate of drug-likeness (QED) is 0.417. The van der Waals surface area contributed by atoms with Gasteiger partial charge < -0.3 is 9.84 Å². The first-order valence-electron chi connectivity index (χ1n) is 4.94. The fraction of sp³-hybridized carbons (Fsp3) is 0.889. The molecular weight excluding hydrogens is 249 g/mol. The molecule has 0 saturated carbocycles. The molecule has 15 heavy (non-hydrogen) atoms. The van der Waals surface area contributed by atoms with Gasteiger partial charge in [-0.05, 0) is 13.3 Å². The van der Waals surface area contributed by atoms with Crippen molar-refractivity contribution >= 4 is 37.0 Å². The summed E-state index contributed by atoms with van der Waals surface area (Å²) < 4.78 is 5.12. The molecule has 0 fully saturated rings. The molecule has 0 aliphatic heterocycles. The zero-order chi connectivity index (χ0) is 11.7. The van der Waals surface area contributed by atoms with Gasteiger partial charge in [0.25, 0.3) is 0 Å². The van der Waals surface area contributed by atoms with E-state index in [0.29, 0.717) is 5.25 Å². The van der Waals surface area contributed by atoms with E-state index in [4.69, 9.17) is 4.52 Å².